The lowest BCUT2D eigenvalue weighted by atomic mass is 10.0. The monoisotopic (exact) mass is 388 g/mol. The lowest BCUT2D eigenvalue weighted by Crippen LogP contribution is -2.02. The molecule has 0 amide bonds. The van der Waals surface area contributed by atoms with Gasteiger partial charge in [-0.05, 0) is 46.1 Å². The van der Waals surface area contributed by atoms with Crippen molar-refractivity contribution in [3.8, 4) is 5.75 Å². The van der Waals surface area contributed by atoms with Crippen molar-refractivity contribution in [3.63, 3.8) is 0 Å². The Morgan fingerprint density at radius 1 is 1.24 bits per heavy atom. The third kappa shape index (κ3) is 3.92. The van der Waals surface area contributed by atoms with Gasteiger partial charge in [-0.2, -0.15) is 0 Å². The molecule has 1 atom stereocenters. The van der Waals surface area contributed by atoms with Crippen LogP contribution in [0.3, 0.4) is 0 Å². The number of benzene rings is 2. The maximum atomic E-state index is 10.5. The fraction of sp³-hybridized carbons (Fsp3) is 0.250. The lowest BCUT2D eigenvalue weighted by Gasteiger charge is -2.15. The predicted molar refractivity (Wildman–Crippen MR) is 90.5 cm³/mol. The van der Waals surface area contributed by atoms with Gasteiger partial charge >= 0.3 is 0 Å². The first-order chi connectivity index (χ1) is 10.0. The summed E-state index contributed by atoms with van der Waals surface area (Å²) in [4.78, 5) is 0. The number of hydrogen-bond acceptors (Lipinski definition) is 2. The largest absolute Gasteiger partial charge is 0.492 e. The molecule has 1 unspecified atom stereocenters. The molecular weight excluding hydrogens is 375 g/mol. The summed E-state index contributed by atoms with van der Waals surface area (Å²) in [6.07, 6.45) is 0.0994. The first-order valence-electron chi connectivity index (χ1n) is 6.58. The smallest absolute Gasteiger partial charge is 0.133 e. The number of aliphatic hydroxyl groups is 1. The van der Waals surface area contributed by atoms with Crippen molar-refractivity contribution in [2.75, 3.05) is 6.61 Å². The fourth-order valence-electron chi connectivity index (χ4n) is 1.93. The average molecular weight is 390 g/mol. The van der Waals surface area contributed by atoms with E-state index in [2.05, 4.69) is 15.9 Å². The lowest BCUT2D eigenvalue weighted by molar-refractivity contribution is 0.220. The standard InChI is InChI=1S/C16H15BrCl2O2/c1-2-8-21-14-7-6-10(9-12(14)17)16(20)11-4-3-5-13(18)15(11)19/h3-7,9,16,20H,2,8H2,1H3. The van der Waals surface area contributed by atoms with E-state index in [4.69, 9.17) is 27.9 Å². The molecule has 112 valence electrons. The van der Waals surface area contributed by atoms with Crippen LogP contribution in [0.2, 0.25) is 10.0 Å². The molecule has 2 nitrogen and oxygen atoms in total. The average Bonchev–Trinajstić information content (AvgIpc) is 2.48. The minimum absolute atomic E-state index is 0.370. The van der Waals surface area contributed by atoms with Gasteiger partial charge in [0, 0.05) is 5.56 Å². The molecule has 5 heteroatoms. The van der Waals surface area contributed by atoms with Gasteiger partial charge in [0.15, 0.2) is 0 Å². The van der Waals surface area contributed by atoms with Crippen molar-refractivity contribution in [3.05, 3.63) is 62.0 Å². The number of rotatable bonds is 5. The molecule has 21 heavy (non-hydrogen) atoms. The van der Waals surface area contributed by atoms with Gasteiger partial charge in [-0.15, -0.1) is 0 Å². The van der Waals surface area contributed by atoms with Crippen molar-refractivity contribution < 1.29 is 9.84 Å². The van der Waals surface area contributed by atoms with E-state index in [1.165, 1.54) is 0 Å². The Balaban J connectivity index is 2.29. The van der Waals surface area contributed by atoms with Crippen molar-refractivity contribution in [2.24, 2.45) is 0 Å². The van der Waals surface area contributed by atoms with Crippen molar-refractivity contribution in [1.29, 1.82) is 0 Å². The third-order valence-electron chi connectivity index (χ3n) is 3.01. The van der Waals surface area contributed by atoms with Crippen LogP contribution in [-0.2, 0) is 0 Å². The molecule has 0 bridgehead atoms. The summed E-state index contributed by atoms with van der Waals surface area (Å²) < 4.78 is 6.39. The molecule has 2 rings (SSSR count). The second-order valence-corrected chi connectivity index (χ2v) is 6.22. The second-order valence-electron chi connectivity index (χ2n) is 4.58. The first kappa shape index (κ1) is 16.6. The Labute approximate surface area is 142 Å². The van der Waals surface area contributed by atoms with E-state index in [1.54, 1.807) is 18.2 Å². The maximum Gasteiger partial charge on any atom is 0.133 e. The molecule has 0 fully saturated rings. The molecule has 0 aromatic heterocycles. The maximum absolute atomic E-state index is 10.5. The Kier molecular flexibility index (Phi) is 5.94. The molecule has 0 heterocycles. The van der Waals surface area contributed by atoms with E-state index in [9.17, 15) is 5.11 Å². The number of aliphatic hydroxyl groups excluding tert-OH is 1. The highest BCUT2D eigenvalue weighted by molar-refractivity contribution is 9.10. The van der Waals surface area contributed by atoms with Crippen LogP contribution in [0.1, 0.15) is 30.6 Å². The Bertz CT molecular complexity index is 632. The van der Waals surface area contributed by atoms with Crippen LogP contribution in [0.15, 0.2) is 40.9 Å². The van der Waals surface area contributed by atoms with Gasteiger partial charge < -0.3 is 9.84 Å². The molecule has 2 aromatic carbocycles. The van der Waals surface area contributed by atoms with E-state index in [1.807, 2.05) is 25.1 Å². The van der Waals surface area contributed by atoms with Gasteiger partial charge in [-0.3, -0.25) is 0 Å². The normalized spacial score (nSPS) is 12.2. The van der Waals surface area contributed by atoms with Gasteiger partial charge in [0.1, 0.15) is 11.9 Å². The van der Waals surface area contributed by atoms with Crippen molar-refractivity contribution in [1.82, 2.24) is 0 Å². The predicted octanol–water partition coefficient (Wildman–Crippen LogP) is 5.63. The van der Waals surface area contributed by atoms with Gasteiger partial charge in [0.25, 0.3) is 0 Å². The zero-order valence-electron chi connectivity index (χ0n) is 11.4. The zero-order valence-corrected chi connectivity index (χ0v) is 14.5. The summed E-state index contributed by atoms with van der Waals surface area (Å²) in [5.41, 5.74) is 1.30. The van der Waals surface area contributed by atoms with Gasteiger partial charge in [0.2, 0.25) is 0 Å². The van der Waals surface area contributed by atoms with Crippen LogP contribution in [-0.4, -0.2) is 11.7 Å². The van der Waals surface area contributed by atoms with Gasteiger partial charge in [-0.1, -0.05) is 48.3 Å². The van der Waals surface area contributed by atoms with E-state index < -0.39 is 6.10 Å². The fourth-order valence-corrected chi connectivity index (χ4v) is 2.85. The molecule has 0 radical (unpaired) electrons. The Hall–Kier alpha value is -0.740. The minimum atomic E-state index is -0.840. The quantitative estimate of drug-likeness (QED) is 0.718. The SMILES string of the molecule is CCCOc1ccc(C(O)c2cccc(Cl)c2Cl)cc1Br. The van der Waals surface area contributed by atoms with E-state index >= 15 is 0 Å². The summed E-state index contributed by atoms with van der Waals surface area (Å²) >= 11 is 15.6. The summed E-state index contributed by atoms with van der Waals surface area (Å²) in [6.45, 7) is 2.70. The Morgan fingerprint density at radius 3 is 2.67 bits per heavy atom. The summed E-state index contributed by atoms with van der Waals surface area (Å²) in [6, 6.07) is 10.7. The topological polar surface area (TPSA) is 29.5 Å². The van der Waals surface area contributed by atoms with Crippen LogP contribution in [0.25, 0.3) is 0 Å². The van der Waals surface area contributed by atoms with E-state index in [-0.39, 0.29) is 0 Å². The molecule has 2 aromatic rings. The van der Waals surface area contributed by atoms with Crippen LogP contribution >= 0.6 is 39.1 Å². The van der Waals surface area contributed by atoms with Crippen LogP contribution < -0.4 is 4.74 Å². The molecule has 0 aliphatic carbocycles. The molecule has 0 aliphatic rings. The zero-order chi connectivity index (χ0) is 15.4. The summed E-state index contributed by atoms with van der Waals surface area (Å²) in [5.74, 6) is 0.755. The van der Waals surface area contributed by atoms with Crippen LogP contribution in [0.5, 0.6) is 5.75 Å². The van der Waals surface area contributed by atoms with Crippen LogP contribution in [0.4, 0.5) is 0 Å². The second kappa shape index (κ2) is 7.50. The molecule has 0 saturated carbocycles. The molecule has 1 N–H and O–H groups in total. The summed E-state index contributed by atoms with van der Waals surface area (Å²) in [5, 5.41) is 11.3. The molecule has 0 saturated heterocycles. The highest BCUT2D eigenvalue weighted by Crippen LogP contribution is 2.35. The van der Waals surface area contributed by atoms with Crippen molar-refractivity contribution >= 4 is 39.1 Å². The summed E-state index contributed by atoms with van der Waals surface area (Å²) in [7, 11) is 0. The van der Waals surface area contributed by atoms with Crippen LogP contribution in [0, 0.1) is 0 Å². The highest BCUT2D eigenvalue weighted by atomic mass is 79.9. The minimum Gasteiger partial charge on any atom is -0.492 e. The third-order valence-corrected chi connectivity index (χ3v) is 4.46. The molecule has 0 spiro atoms. The molecular formula is C16H15BrCl2O2. The van der Waals surface area contributed by atoms with E-state index in [0.717, 1.165) is 22.2 Å². The van der Waals surface area contributed by atoms with Crippen molar-refractivity contribution in [2.45, 2.75) is 19.4 Å². The number of halogens is 3. The first-order valence-corrected chi connectivity index (χ1v) is 8.13. The molecule has 0 aliphatic heterocycles. The van der Waals surface area contributed by atoms with Gasteiger partial charge in [0.05, 0.1) is 21.1 Å². The Morgan fingerprint density at radius 2 is 2.00 bits per heavy atom. The highest BCUT2D eigenvalue weighted by Gasteiger charge is 2.17. The number of ether oxygens (including phenoxy) is 1. The number of hydrogen-bond donors (Lipinski definition) is 1. The van der Waals surface area contributed by atoms with Gasteiger partial charge in [-0.25, -0.2) is 0 Å². The van der Waals surface area contributed by atoms with E-state index in [0.29, 0.717) is 22.2 Å².